The van der Waals surface area contributed by atoms with Gasteiger partial charge >= 0.3 is 0 Å². The maximum atomic E-state index is 13.3. The first-order valence-corrected chi connectivity index (χ1v) is 11.2. The highest BCUT2D eigenvalue weighted by Gasteiger charge is 2.55. The van der Waals surface area contributed by atoms with Gasteiger partial charge in [-0.25, -0.2) is 5.43 Å². The maximum absolute atomic E-state index is 13.3. The summed E-state index contributed by atoms with van der Waals surface area (Å²) in [6.07, 6.45) is 16.3. The molecule has 5 rings (SSSR count). The first kappa shape index (κ1) is 19.7. The summed E-state index contributed by atoms with van der Waals surface area (Å²) in [6.45, 7) is 3.97. The number of carbonyl (C=O) groups excluding carboxylic acids is 2. The molecule has 5 heteroatoms. The summed E-state index contributed by atoms with van der Waals surface area (Å²) in [5.74, 6) is 2.50. The van der Waals surface area contributed by atoms with E-state index in [2.05, 4.69) is 28.0 Å². The van der Waals surface area contributed by atoms with Gasteiger partial charge in [0.2, 0.25) is 5.91 Å². The number of nitrogens with one attached hydrogen (secondary N) is 2. The molecule has 0 radical (unpaired) electrons. The zero-order valence-electron chi connectivity index (χ0n) is 17.3. The lowest BCUT2D eigenvalue weighted by Gasteiger charge is -2.55. The molecule has 0 spiro atoms. The van der Waals surface area contributed by atoms with Crippen LogP contribution in [0.5, 0.6) is 0 Å². The van der Waals surface area contributed by atoms with E-state index >= 15 is 0 Å². The largest absolute Gasteiger partial charge is 0.344 e. The predicted molar refractivity (Wildman–Crippen MR) is 110 cm³/mol. The van der Waals surface area contributed by atoms with Crippen LogP contribution < -0.4 is 10.7 Å². The fraction of sp³-hybridized carbons (Fsp3) is 0.783. The van der Waals surface area contributed by atoms with Gasteiger partial charge in [0.25, 0.3) is 5.91 Å². The van der Waals surface area contributed by atoms with Crippen LogP contribution in [0.25, 0.3) is 0 Å². The van der Waals surface area contributed by atoms with Gasteiger partial charge in [-0.3, -0.25) is 9.59 Å². The number of nitrogens with zero attached hydrogens (tertiary/aromatic N) is 1. The summed E-state index contributed by atoms with van der Waals surface area (Å²) in [7, 11) is 0. The average Bonchev–Trinajstić information content (AvgIpc) is 2.65. The molecule has 0 aromatic rings. The van der Waals surface area contributed by atoms with Crippen molar-refractivity contribution >= 4 is 18.0 Å². The molecule has 4 bridgehead atoms. The Morgan fingerprint density at radius 3 is 2.25 bits per heavy atom. The van der Waals surface area contributed by atoms with E-state index in [4.69, 9.17) is 0 Å². The van der Waals surface area contributed by atoms with Gasteiger partial charge in [-0.15, -0.1) is 0 Å². The van der Waals surface area contributed by atoms with E-state index < -0.39 is 6.04 Å². The predicted octanol–water partition coefficient (Wildman–Crippen LogP) is 3.80. The lowest BCUT2D eigenvalue weighted by Crippen LogP contribution is -2.58. The topological polar surface area (TPSA) is 70.6 Å². The summed E-state index contributed by atoms with van der Waals surface area (Å²) >= 11 is 0. The molecule has 2 atom stereocenters. The third-order valence-electron chi connectivity index (χ3n) is 7.53. The van der Waals surface area contributed by atoms with Crippen molar-refractivity contribution in [1.82, 2.24) is 10.7 Å². The third-order valence-corrected chi connectivity index (χ3v) is 7.53. The summed E-state index contributed by atoms with van der Waals surface area (Å²) < 4.78 is 0. The van der Waals surface area contributed by atoms with Gasteiger partial charge in [-0.1, -0.05) is 26.0 Å². The molecule has 0 saturated heterocycles. The van der Waals surface area contributed by atoms with E-state index in [1.165, 1.54) is 19.3 Å². The molecule has 2 N–H and O–H groups in total. The van der Waals surface area contributed by atoms with Crippen LogP contribution in [0.3, 0.4) is 0 Å². The van der Waals surface area contributed by atoms with Crippen LogP contribution in [-0.4, -0.2) is 24.1 Å². The number of allylic oxidation sites excluding steroid dienone is 2. The molecule has 5 aliphatic rings. The zero-order valence-corrected chi connectivity index (χ0v) is 17.3. The van der Waals surface area contributed by atoms with Crippen LogP contribution in [0.15, 0.2) is 17.3 Å². The monoisotopic (exact) mass is 385 g/mol. The molecule has 154 valence electrons. The van der Waals surface area contributed by atoms with Gasteiger partial charge in [0.15, 0.2) is 0 Å². The Morgan fingerprint density at radius 2 is 1.71 bits per heavy atom. The van der Waals surface area contributed by atoms with E-state index in [1.807, 2.05) is 20.1 Å². The molecule has 0 unspecified atom stereocenters. The number of rotatable bonds is 6. The SMILES string of the molecule is CC(C)[C@@H](NC(=O)C12CC3CC(CC(C3)C1)C2)C(=O)N/N=C\[C@@H]1CC=CCC1. The Balaban J connectivity index is 1.36. The van der Waals surface area contributed by atoms with Gasteiger partial charge in [0.1, 0.15) is 6.04 Å². The van der Waals surface area contributed by atoms with Crippen molar-refractivity contribution in [2.75, 3.05) is 0 Å². The van der Waals surface area contributed by atoms with Crippen molar-refractivity contribution in [3.05, 3.63) is 12.2 Å². The minimum atomic E-state index is -0.524. The first-order chi connectivity index (χ1) is 13.4. The first-order valence-electron chi connectivity index (χ1n) is 11.2. The smallest absolute Gasteiger partial charge is 0.262 e. The molecule has 2 amide bonds. The Bertz CT molecular complexity index is 631. The standard InChI is InChI=1S/C23H35N3O2/c1-15(2)20(21(27)26-24-14-16-6-4-3-5-7-16)25-22(28)23-11-17-8-18(12-23)10-19(9-17)13-23/h3-4,14-20H,5-13H2,1-2H3,(H,25,28)(H,26,27)/b24-14-/t16-,17?,18?,19?,20-,23?/m1/s1. The Morgan fingerprint density at radius 1 is 1.07 bits per heavy atom. The lowest BCUT2D eigenvalue weighted by atomic mass is 9.49. The van der Waals surface area contributed by atoms with Gasteiger partial charge < -0.3 is 5.32 Å². The van der Waals surface area contributed by atoms with Crippen molar-refractivity contribution < 1.29 is 9.59 Å². The van der Waals surface area contributed by atoms with Crippen molar-refractivity contribution in [3.8, 4) is 0 Å². The van der Waals surface area contributed by atoms with Crippen LogP contribution in [0.1, 0.15) is 71.6 Å². The number of hydrogen-bond donors (Lipinski definition) is 2. The van der Waals surface area contributed by atoms with Crippen LogP contribution in [0.2, 0.25) is 0 Å². The molecule has 0 aromatic carbocycles. The number of hydrazone groups is 1. The summed E-state index contributed by atoms with van der Waals surface area (Å²) in [5.41, 5.74) is 2.46. The molecule has 28 heavy (non-hydrogen) atoms. The van der Waals surface area contributed by atoms with Crippen LogP contribution >= 0.6 is 0 Å². The third kappa shape index (κ3) is 4.04. The molecular formula is C23H35N3O2. The summed E-state index contributed by atoms with van der Waals surface area (Å²) in [4.78, 5) is 26.0. The molecule has 0 heterocycles. The van der Waals surface area contributed by atoms with E-state index in [9.17, 15) is 9.59 Å². The van der Waals surface area contributed by atoms with Crippen molar-refractivity contribution in [2.45, 2.75) is 77.7 Å². The average molecular weight is 386 g/mol. The highest BCUT2D eigenvalue weighted by Crippen LogP contribution is 2.60. The van der Waals surface area contributed by atoms with E-state index in [-0.39, 0.29) is 23.1 Å². The van der Waals surface area contributed by atoms with Gasteiger partial charge in [-0.2, -0.15) is 5.10 Å². The molecule has 0 aromatic heterocycles. The zero-order chi connectivity index (χ0) is 19.7. The number of carbonyl (C=O) groups is 2. The van der Waals surface area contributed by atoms with E-state index in [0.29, 0.717) is 5.92 Å². The Labute approximate surface area is 168 Å². The van der Waals surface area contributed by atoms with Crippen LogP contribution in [0.4, 0.5) is 0 Å². The number of hydrogen-bond acceptors (Lipinski definition) is 3. The highest BCUT2D eigenvalue weighted by atomic mass is 16.2. The van der Waals surface area contributed by atoms with E-state index in [1.54, 1.807) is 0 Å². The molecule has 4 saturated carbocycles. The van der Waals surface area contributed by atoms with Crippen LogP contribution in [-0.2, 0) is 9.59 Å². The molecule has 5 aliphatic carbocycles. The minimum Gasteiger partial charge on any atom is -0.344 e. The molecular weight excluding hydrogens is 350 g/mol. The lowest BCUT2D eigenvalue weighted by molar-refractivity contribution is -0.149. The molecule has 4 fully saturated rings. The Kier molecular flexibility index (Phi) is 5.62. The van der Waals surface area contributed by atoms with Crippen LogP contribution in [0, 0.1) is 35.0 Å². The Hall–Kier alpha value is -1.65. The van der Waals surface area contributed by atoms with Crippen molar-refractivity contribution in [2.24, 2.45) is 40.1 Å². The highest BCUT2D eigenvalue weighted by molar-refractivity contribution is 5.90. The molecule has 0 aliphatic heterocycles. The summed E-state index contributed by atoms with van der Waals surface area (Å²) in [6, 6.07) is -0.524. The normalized spacial score (nSPS) is 37.4. The quantitative estimate of drug-likeness (QED) is 0.415. The molecule has 5 nitrogen and oxygen atoms in total. The van der Waals surface area contributed by atoms with Gasteiger partial charge in [0, 0.05) is 11.6 Å². The second-order valence-corrected chi connectivity index (χ2v) is 10.2. The number of amides is 2. The second-order valence-electron chi connectivity index (χ2n) is 10.2. The second kappa shape index (κ2) is 8.00. The maximum Gasteiger partial charge on any atom is 0.262 e. The van der Waals surface area contributed by atoms with Gasteiger partial charge in [0.05, 0.1) is 0 Å². The van der Waals surface area contributed by atoms with Gasteiger partial charge in [-0.05, 0) is 87.4 Å². The van der Waals surface area contributed by atoms with E-state index in [0.717, 1.165) is 56.3 Å². The minimum absolute atomic E-state index is 0.0330. The fourth-order valence-electron chi connectivity index (χ4n) is 6.45. The summed E-state index contributed by atoms with van der Waals surface area (Å²) in [5, 5.41) is 7.31. The van der Waals surface area contributed by atoms with Crippen molar-refractivity contribution in [1.29, 1.82) is 0 Å². The fourth-order valence-corrected chi connectivity index (χ4v) is 6.45. The van der Waals surface area contributed by atoms with Crippen molar-refractivity contribution in [3.63, 3.8) is 0 Å².